The predicted molar refractivity (Wildman–Crippen MR) is 260 cm³/mol. The number of nitrogens with zero attached hydrogens (tertiary/aromatic N) is 5. The summed E-state index contributed by atoms with van der Waals surface area (Å²) in [6.07, 6.45) is 7.13. The Kier molecular flexibility index (Phi) is 15.6. The van der Waals surface area contributed by atoms with Gasteiger partial charge in [0.1, 0.15) is 5.82 Å². The molecule has 0 spiro atoms. The number of hydrogen-bond acceptors (Lipinski definition) is 9. The molecule has 0 unspecified atom stereocenters. The number of halogens is 2. The highest BCUT2D eigenvalue weighted by molar-refractivity contribution is 7.09. The van der Waals surface area contributed by atoms with E-state index in [9.17, 15) is 19.2 Å². The van der Waals surface area contributed by atoms with Gasteiger partial charge in [0, 0.05) is 61.9 Å². The van der Waals surface area contributed by atoms with Gasteiger partial charge in [-0.1, -0.05) is 67.0 Å². The van der Waals surface area contributed by atoms with Crippen LogP contribution in [0.1, 0.15) is 128 Å². The number of aromatic nitrogens is 2. The van der Waals surface area contributed by atoms with Crippen molar-refractivity contribution in [3.63, 3.8) is 0 Å². The van der Waals surface area contributed by atoms with Crippen molar-refractivity contribution in [1.29, 1.82) is 0 Å². The Morgan fingerprint density at radius 3 is 1.58 bits per heavy atom. The third-order valence-corrected chi connectivity index (χ3v) is 14.6. The number of carbonyl (C=O) groups excluding carboxylic acids is 4. The number of carbonyl (C=O) groups is 4. The molecular formula is C50H58Cl2N8O4S. The van der Waals surface area contributed by atoms with Gasteiger partial charge in [0.05, 0.1) is 33.3 Å². The second kappa shape index (κ2) is 21.3. The molecule has 5 aromatic rings. The van der Waals surface area contributed by atoms with Crippen LogP contribution in [0.5, 0.6) is 0 Å². The van der Waals surface area contributed by atoms with Gasteiger partial charge in [-0.3, -0.25) is 19.2 Å². The Hall–Kier alpha value is -5.34. The van der Waals surface area contributed by atoms with Crippen molar-refractivity contribution in [3.8, 4) is 0 Å². The summed E-state index contributed by atoms with van der Waals surface area (Å²) in [5, 5.41) is 11.4. The first-order valence-corrected chi connectivity index (χ1v) is 23.6. The van der Waals surface area contributed by atoms with Gasteiger partial charge in [0.15, 0.2) is 0 Å². The number of amides is 4. The maximum absolute atomic E-state index is 13.4. The second-order valence-electron chi connectivity index (χ2n) is 17.1. The van der Waals surface area contributed by atoms with E-state index < -0.39 is 0 Å². The Morgan fingerprint density at radius 2 is 1.14 bits per heavy atom. The maximum Gasteiger partial charge on any atom is 0.253 e. The van der Waals surface area contributed by atoms with Crippen LogP contribution >= 0.6 is 34.7 Å². The van der Waals surface area contributed by atoms with Crippen LogP contribution in [0.25, 0.3) is 0 Å². The zero-order valence-corrected chi connectivity index (χ0v) is 38.7. The first-order chi connectivity index (χ1) is 30.9. The first kappa shape index (κ1) is 47.6. The summed E-state index contributed by atoms with van der Waals surface area (Å²) in [5.41, 5.74) is 6.70. The number of nitrogens with one attached hydrogen (secondary N) is 3. The van der Waals surface area contributed by atoms with Crippen LogP contribution in [-0.2, 0) is 12.8 Å². The zero-order valence-electron chi connectivity index (χ0n) is 36.4. The highest BCUT2D eigenvalue weighted by Gasteiger charge is 2.31. The molecule has 0 radical (unpaired) electrons. The average Bonchev–Trinajstić information content (AvgIpc) is 4.06. The molecule has 15 heteroatoms. The van der Waals surface area contributed by atoms with Crippen LogP contribution in [-0.4, -0.2) is 95.1 Å². The standard InChI is InChI=1S/C26H28ClN5O2S.C23H26ClN3O2.CH4/c1-16-28-26(35-30-16)32-13-11-19(12-14-32)31(2)25(34)18-8-7-17-9-10-23(21(17)15-18)29-24(33)20-5-3-4-6-22(20)27;1-27(17-10-12-25-13-11-17)23(29)16-7-6-15-8-9-21(19(15)14-16)26-22(28)18-4-2-3-5-20(18)24;/h3-8,15,19,23H,9-14H2,1-2H3,(H,29,33);2-7,14,17,21,25H,8-13H2,1H3,(H,26,28);1H4/t23-;21-;/m11./s1. The smallest absolute Gasteiger partial charge is 0.253 e. The fraction of sp³-hybridized carbons (Fsp3) is 0.400. The summed E-state index contributed by atoms with van der Waals surface area (Å²) in [5.74, 6) is 0.484. The van der Waals surface area contributed by atoms with Gasteiger partial charge in [0.2, 0.25) is 5.13 Å². The maximum atomic E-state index is 13.4. The number of rotatable bonds is 9. The number of fused-ring (bicyclic) bond motifs is 2. The van der Waals surface area contributed by atoms with Crippen LogP contribution in [0.3, 0.4) is 0 Å². The van der Waals surface area contributed by atoms with Crippen molar-refractivity contribution >= 4 is 63.5 Å². The van der Waals surface area contributed by atoms with E-state index in [4.69, 9.17) is 23.2 Å². The molecule has 2 fully saturated rings. The van der Waals surface area contributed by atoms with Crippen molar-refractivity contribution in [2.45, 2.75) is 89.9 Å². The molecule has 65 heavy (non-hydrogen) atoms. The summed E-state index contributed by atoms with van der Waals surface area (Å²) >= 11 is 13.8. The molecule has 4 amide bonds. The molecule has 3 N–H and O–H groups in total. The van der Waals surface area contributed by atoms with Gasteiger partial charge in [-0.15, -0.1) is 0 Å². The van der Waals surface area contributed by atoms with E-state index in [1.165, 1.54) is 22.7 Å². The van der Waals surface area contributed by atoms with E-state index in [0.29, 0.717) is 32.3 Å². The van der Waals surface area contributed by atoms with Gasteiger partial charge in [-0.25, -0.2) is 4.98 Å². The molecule has 4 aromatic carbocycles. The Morgan fingerprint density at radius 1 is 0.677 bits per heavy atom. The van der Waals surface area contributed by atoms with Crippen molar-refractivity contribution in [3.05, 3.63) is 145 Å². The second-order valence-corrected chi connectivity index (χ2v) is 18.6. The molecule has 0 bridgehead atoms. The lowest BCUT2D eigenvalue weighted by Gasteiger charge is -2.36. The lowest BCUT2D eigenvalue weighted by molar-refractivity contribution is 0.0698. The van der Waals surface area contributed by atoms with Gasteiger partial charge in [-0.2, -0.15) is 4.37 Å². The fourth-order valence-corrected chi connectivity index (χ4v) is 10.5. The summed E-state index contributed by atoms with van der Waals surface area (Å²) in [7, 11) is 3.78. The number of anilines is 1. The van der Waals surface area contributed by atoms with Crippen molar-refractivity contribution in [1.82, 2.24) is 35.1 Å². The van der Waals surface area contributed by atoms with E-state index in [-0.39, 0.29) is 55.2 Å². The van der Waals surface area contributed by atoms with E-state index in [1.54, 1.807) is 48.5 Å². The van der Waals surface area contributed by atoms with E-state index >= 15 is 0 Å². The molecule has 3 heterocycles. The molecular weight excluding hydrogens is 880 g/mol. The normalized spacial score (nSPS) is 18.0. The summed E-state index contributed by atoms with van der Waals surface area (Å²) in [6, 6.07) is 26.1. The van der Waals surface area contributed by atoms with Crippen LogP contribution < -0.4 is 20.9 Å². The minimum Gasteiger partial charge on any atom is -0.347 e. The van der Waals surface area contributed by atoms with Gasteiger partial charge < -0.3 is 30.7 Å². The summed E-state index contributed by atoms with van der Waals surface area (Å²) < 4.78 is 4.28. The molecule has 2 atom stereocenters. The fourth-order valence-electron chi connectivity index (χ4n) is 9.33. The molecule has 2 aliphatic carbocycles. The van der Waals surface area contributed by atoms with Crippen LogP contribution in [0.15, 0.2) is 84.9 Å². The third-order valence-electron chi connectivity index (χ3n) is 13.1. The number of benzene rings is 4. The molecule has 2 saturated heterocycles. The molecule has 342 valence electrons. The van der Waals surface area contributed by atoms with Crippen molar-refractivity contribution in [2.24, 2.45) is 0 Å². The largest absolute Gasteiger partial charge is 0.347 e. The number of piperidine rings is 2. The SMILES string of the molecule is C.CN(C(=O)c1ccc2c(c1)[C@H](NC(=O)c1ccccc1Cl)CC2)C1CCNCC1.Cc1nsc(N2CCC(N(C)C(=O)c3ccc4c(c3)[C@H](NC(=O)c3ccccc3Cl)CC4)CC2)n1. The topological polar surface area (TPSA) is 140 Å². The number of aryl methyl sites for hydroxylation is 3. The van der Waals surface area contributed by atoms with Crippen molar-refractivity contribution < 1.29 is 19.2 Å². The van der Waals surface area contributed by atoms with Gasteiger partial charge >= 0.3 is 0 Å². The lowest BCUT2D eigenvalue weighted by atomic mass is 10.0. The lowest BCUT2D eigenvalue weighted by Crippen LogP contribution is -2.45. The quantitative estimate of drug-likeness (QED) is 0.133. The van der Waals surface area contributed by atoms with Crippen LogP contribution in [0.2, 0.25) is 10.0 Å². The van der Waals surface area contributed by atoms with Crippen LogP contribution in [0.4, 0.5) is 5.13 Å². The Labute approximate surface area is 396 Å². The number of hydrogen-bond donors (Lipinski definition) is 3. The average molecular weight is 938 g/mol. The van der Waals surface area contributed by atoms with Crippen molar-refractivity contribution in [2.75, 3.05) is 45.2 Å². The minimum absolute atomic E-state index is 0. The van der Waals surface area contributed by atoms with Gasteiger partial charge in [0.25, 0.3) is 23.6 Å². The van der Waals surface area contributed by atoms with Crippen LogP contribution in [0, 0.1) is 6.92 Å². The molecule has 1 aromatic heterocycles. The Bertz CT molecular complexity index is 2520. The molecule has 12 nitrogen and oxygen atoms in total. The Balaban J connectivity index is 0.000000194. The van der Waals surface area contributed by atoms with E-state index in [2.05, 4.69) is 30.2 Å². The molecule has 2 aliphatic heterocycles. The van der Waals surface area contributed by atoms with E-state index in [1.807, 2.05) is 67.2 Å². The summed E-state index contributed by atoms with van der Waals surface area (Å²) in [4.78, 5) is 62.4. The molecule has 9 rings (SSSR count). The third kappa shape index (κ3) is 10.9. The summed E-state index contributed by atoms with van der Waals surface area (Å²) in [6.45, 7) is 5.52. The zero-order chi connectivity index (χ0) is 44.9. The van der Waals surface area contributed by atoms with E-state index in [0.717, 1.165) is 99.6 Å². The predicted octanol–water partition coefficient (Wildman–Crippen LogP) is 8.88. The minimum atomic E-state index is -0.195. The molecule has 0 saturated carbocycles. The molecule has 4 aliphatic rings. The monoisotopic (exact) mass is 936 g/mol. The first-order valence-electron chi connectivity index (χ1n) is 22.1. The highest BCUT2D eigenvalue weighted by atomic mass is 35.5. The highest BCUT2D eigenvalue weighted by Crippen LogP contribution is 2.35. The van der Waals surface area contributed by atoms with Gasteiger partial charge in [-0.05, 0) is 142 Å².